The van der Waals surface area contributed by atoms with Gasteiger partial charge in [0.05, 0.1) is 13.5 Å². The van der Waals surface area contributed by atoms with Crippen molar-refractivity contribution < 1.29 is 19.1 Å². The lowest BCUT2D eigenvalue weighted by atomic mass is 10.0. The maximum Gasteiger partial charge on any atom is 0.309 e. The first kappa shape index (κ1) is 23.9. The van der Waals surface area contributed by atoms with Crippen molar-refractivity contribution in [3.05, 3.63) is 0 Å². The van der Waals surface area contributed by atoms with E-state index in [1.165, 1.54) is 84.7 Å². The number of unbranched alkanes of at least 4 members (excludes halogenated alkanes) is 12. The van der Waals surface area contributed by atoms with Crippen LogP contribution in [0.5, 0.6) is 0 Å². The first-order valence-corrected chi connectivity index (χ1v) is 10.3. The highest BCUT2D eigenvalue weighted by Gasteiger charge is 2.16. The van der Waals surface area contributed by atoms with E-state index >= 15 is 0 Å². The monoisotopic (exact) mass is 356 g/mol. The van der Waals surface area contributed by atoms with Gasteiger partial charge in [-0.25, -0.2) is 0 Å². The van der Waals surface area contributed by atoms with E-state index in [9.17, 15) is 9.59 Å². The Hall–Kier alpha value is -1.06. The Morgan fingerprint density at radius 1 is 0.760 bits per heavy atom. The lowest BCUT2D eigenvalue weighted by molar-refractivity contribution is -0.152. The standard InChI is InChI=1S/C21H40O4/c1-4-5-6-7-8-9-10-11-12-13-14-15-16-17-20(25-19(2)22)18-21(23)24-3/h20H,4-18H2,1-3H3. The van der Waals surface area contributed by atoms with E-state index in [2.05, 4.69) is 11.7 Å². The van der Waals surface area contributed by atoms with E-state index in [4.69, 9.17) is 4.74 Å². The average molecular weight is 357 g/mol. The third kappa shape index (κ3) is 17.6. The van der Waals surface area contributed by atoms with Gasteiger partial charge in [-0.05, 0) is 12.8 Å². The minimum absolute atomic E-state index is 0.161. The van der Waals surface area contributed by atoms with Gasteiger partial charge in [-0.2, -0.15) is 0 Å². The van der Waals surface area contributed by atoms with Crippen LogP contribution in [0.15, 0.2) is 0 Å². The highest BCUT2D eigenvalue weighted by atomic mass is 16.6. The summed E-state index contributed by atoms with van der Waals surface area (Å²) in [6.45, 7) is 3.64. The summed E-state index contributed by atoms with van der Waals surface area (Å²) in [4.78, 5) is 22.4. The van der Waals surface area contributed by atoms with Crippen molar-refractivity contribution >= 4 is 11.9 Å². The molecule has 0 rings (SSSR count). The van der Waals surface area contributed by atoms with E-state index < -0.39 is 0 Å². The number of esters is 2. The molecule has 1 atom stereocenters. The molecule has 25 heavy (non-hydrogen) atoms. The van der Waals surface area contributed by atoms with Crippen molar-refractivity contribution in [2.45, 2.75) is 116 Å². The van der Waals surface area contributed by atoms with Crippen LogP contribution in [0.4, 0.5) is 0 Å². The van der Waals surface area contributed by atoms with Crippen LogP contribution in [0.2, 0.25) is 0 Å². The van der Waals surface area contributed by atoms with Gasteiger partial charge in [0, 0.05) is 6.92 Å². The molecular weight excluding hydrogens is 316 g/mol. The summed E-state index contributed by atoms with van der Waals surface area (Å²) in [5, 5.41) is 0. The van der Waals surface area contributed by atoms with E-state index in [0.29, 0.717) is 0 Å². The van der Waals surface area contributed by atoms with Gasteiger partial charge in [0.2, 0.25) is 0 Å². The SMILES string of the molecule is CCCCCCCCCCCCCCCC(CC(=O)OC)OC(C)=O. The molecule has 0 aromatic carbocycles. The molecule has 0 saturated heterocycles. The van der Waals surface area contributed by atoms with Crippen LogP contribution in [-0.4, -0.2) is 25.2 Å². The fourth-order valence-corrected chi connectivity index (χ4v) is 3.10. The Labute approximate surface area is 155 Å². The largest absolute Gasteiger partial charge is 0.469 e. The molecular formula is C21H40O4. The smallest absolute Gasteiger partial charge is 0.309 e. The molecule has 1 unspecified atom stereocenters. The predicted octanol–water partition coefficient (Wildman–Crippen LogP) is 5.96. The highest BCUT2D eigenvalue weighted by Crippen LogP contribution is 2.15. The first-order chi connectivity index (χ1) is 12.1. The molecule has 0 radical (unpaired) electrons. The number of carbonyl (C=O) groups excluding carboxylic acids is 2. The normalized spacial score (nSPS) is 12.0. The first-order valence-electron chi connectivity index (χ1n) is 10.3. The third-order valence-electron chi connectivity index (χ3n) is 4.58. The quantitative estimate of drug-likeness (QED) is 0.238. The third-order valence-corrected chi connectivity index (χ3v) is 4.58. The molecule has 148 valence electrons. The molecule has 0 aliphatic carbocycles. The van der Waals surface area contributed by atoms with Crippen molar-refractivity contribution in [2.75, 3.05) is 7.11 Å². The van der Waals surface area contributed by atoms with Gasteiger partial charge in [0.15, 0.2) is 0 Å². The number of rotatable bonds is 17. The Kier molecular flexibility index (Phi) is 17.0. The number of methoxy groups -OCH3 is 1. The Balaban J connectivity index is 3.47. The summed E-state index contributed by atoms with van der Waals surface area (Å²) < 4.78 is 9.84. The van der Waals surface area contributed by atoms with Crippen LogP contribution >= 0.6 is 0 Å². The van der Waals surface area contributed by atoms with Gasteiger partial charge in [-0.3, -0.25) is 9.59 Å². The summed E-state index contributed by atoms with van der Waals surface area (Å²) in [7, 11) is 1.36. The van der Waals surface area contributed by atoms with Gasteiger partial charge in [-0.1, -0.05) is 84.0 Å². The van der Waals surface area contributed by atoms with Crippen molar-refractivity contribution in [1.29, 1.82) is 0 Å². The molecule has 0 aromatic rings. The molecule has 0 amide bonds. The van der Waals surface area contributed by atoms with Crippen molar-refractivity contribution in [2.24, 2.45) is 0 Å². The van der Waals surface area contributed by atoms with Crippen LogP contribution in [0.3, 0.4) is 0 Å². The lowest BCUT2D eigenvalue weighted by Crippen LogP contribution is -2.21. The zero-order valence-electron chi connectivity index (χ0n) is 16.8. The summed E-state index contributed by atoms with van der Waals surface area (Å²) >= 11 is 0. The number of ether oxygens (including phenoxy) is 2. The number of carbonyl (C=O) groups is 2. The van der Waals surface area contributed by atoms with E-state index in [1.807, 2.05) is 0 Å². The van der Waals surface area contributed by atoms with Crippen LogP contribution in [0.1, 0.15) is 110 Å². The molecule has 0 aromatic heterocycles. The van der Waals surface area contributed by atoms with Gasteiger partial charge in [0.1, 0.15) is 6.10 Å². The molecule has 0 bridgehead atoms. The molecule has 0 saturated carbocycles. The lowest BCUT2D eigenvalue weighted by Gasteiger charge is -2.15. The molecule has 0 heterocycles. The van der Waals surface area contributed by atoms with Crippen molar-refractivity contribution in [3.8, 4) is 0 Å². The minimum Gasteiger partial charge on any atom is -0.469 e. The average Bonchev–Trinajstić information content (AvgIpc) is 2.58. The maximum atomic E-state index is 11.3. The summed E-state index contributed by atoms with van der Waals surface area (Å²) in [6.07, 6.45) is 17.6. The van der Waals surface area contributed by atoms with Crippen LogP contribution < -0.4 is 0 Å². The second kappa shape index (κ2) is 17.8. The Morgan fingerprint density at radius 2 is 1.20 bits per heavy atom. The molecule has 0 aliphatic rings. The van der Waals surface area contributed by atoms with Gasteiger partial charge in [-0.15, -0.1) is 0 Å². The van der Waals surface area contributed by atoms with Gasteiger partial charge < -0.3 is 9.47 Å². The van der Waals surface area contributed by atoms with Crippen LogP contribution in [0, 0.1) is 0 Å². The summed E-state index contributed by atoms with van der Waals surface area (Å²) in [6, 6.07) is 0. The maximum absolute atomic E-state index is 11.3. The van der Waals surface area contributed by atoms with Crippen molar-refractivity contribution in [3.63, 3.8) is 0 Å². The summed E-state index contributed by atoms with van der Waals surface area (Å²) in [5.41, 5.74) is 0. The van der Waals surface area contributed by atoms with Gasteiger partial charge in [0.25, 0.3) is 0 Å². The van der Waals surface area contributed by atoms with E-state index in [0.717, 1.165) is 19.3 Å². The van der Waals surface area contributed by atoms with Crippen LogP contribution in [0.25, 0.3) is 0 Å². The zero-order chi connectivity index (χ0) is 18.8. The number of hydrogen-bond donors (Lipinski definition) is 0. The molecule has 4 nitrogen and oxygen atoms in total. The Morgan fingerprint density at radius 3 is 1.60 bits per heavy atom. The fourth-order valence-electron chi connectivity index (χ4n) is 3.10. The van der Waals surface area contributed by atoms with Crippen LogP contribution in [-0.2, 0) is 19.1 Å². The predicted molar refractivity (Wildman–Crippen MR) is 102 cm³/mol. The van der Waals surface area contributed by atoms with E-state index in [1.54, 1.807) is 0 Å². The van der Waals surface area contributed by atoms with E-state index in [-0.39, 0.29) is 24.5 Å². The van der Waals surface area contributed by atoms with Gasteiger partial charge >= 0.3 is 11.9 Å². The number of hydrogen-bond acceptors (Lipinski definition) is 4. The zero-order valence-corrected chi connectivity index (χ0v) is 16.8. The summed E-state index contributed by atoms with van der Waals surface area (Å²) in [5.74, 6) is -0.649. The fraction of sp³-hybridized carbons (Fsp3) is 0.905. The topological polar surface area (TPSA) is 52.6 Å². The van der Waals surface area contributed by atoms with Crippen molar-refractivity contribution in [1.82, 2.24) is 0 Å². The molecule has 0 N–H and O–H groups in total. The minimum atomic E-state index is -0.336. The Bertz CT molecular complexity index is 328. The molecule has 0 aliphatic heterocycles. The molecule has 0 spiro atoms. The highest BCUT2D eigenvalue weighted by molar-refractivity contribution is 5.71. The second-order valence-electron chi connectivity index (χ2n) is 7.04. The second-order valence-corrected chi connectivity index (χ2v) is 7.04. The molecule has 4 heteroatoms. The molecule has 0 fully saturated rings.